The van der Waals surface area contributed by atoms with E-state index in [1.165, 1.54) is 25.7 Å². The van der Waals surface area contributed by atoms with Gasteiger partial charge in [0.05, 0.1) is 5.60 Å². The Morgan fingerprint density at radius 1 is 1.13 bits per heavy atom. The molecule has 1 aliphatic rings. The van der Waals surface area contributed by atoms with Crippen molar-refractivity contribution in [2.75, 3.05) is 6.54 Å². The predicted octanol–water partition coefficient (Wildman–Crippen LogP) is 2.85. The summed E-state index contributed by atoms with van der Waals surface area (Å²) in [5.41, 5.74) is -0.287. The Morgan fingerprint density at radius 3 is 2.13 bits per heavy atom. The highest BCUT2D eigenvalue weighted by Gasteiger charge is 2.29. The van der Waals surface area contributed by atoms with Gasteiger partial charge in [0.2, 0.25) is 0 Å². The Labute approximate surface area is 94.5 Å². The lowest BCUT2D eigenvalue weighted by Gasteiger charge is -2.33. The first-order chi connectivity index (χ1) is 6.97. The summed E-state index contributed by atoms with van der Waals surface area (Å²) in [6.07, 6.45) is 8.00. The van der Waals surface area contributed by atoms with E-state index in [-0.39, 0.29) is 5.54 Å². The van der Waals surface area contributed by atoms with E-state index >= 15 is 0 Å². The molecule has 2 N–H and O–H groups in total. The minimum atomic E-state index is -0.442. The Hall–Kier alpha value is -0.0800. The average Bonchev–Trinajstić information content (AvgIpc) is 2.42. The van der Waals surface area contributed by atoms with Crippen LogP contribution in [0, 0.1) is 0 Å². The molecule has 0 saturated heterocycles. The summed E-state index contributed by atoms with van der Waals surface area (Å²) in [5, 5.41) is 13.9. The Kier molecular flexibility index (Phi) is 4.60. The standard InChI is InChI=1S/C13H27NO/c1-4-12(2,3)14-11-13(15)9-7-5-6-8-10-13/h14-15H,4-11H2,1-3H3. The van der Waals surface area contributed by atoms with Gasteiger partial charge in [-0.3, -0.25) is 0 Å². The highest BCUT2D eigenvalue weighted by atomic mass is 16.3. The fourth-order valence-corrected chi connectivity index (χ4v) is 2.09. The van der Waals surface area contributed by atoms with Crippen LogP contribution in [0.25, 0.3) is 0 Å². The van der Waals surface area contributed by atoms with Crippen molar-refractivity contribution < 1.29 is 5.11 Å². The second kappa shape index (κ2) is 5.31. The molecule has 90 valence electrons. The molecule has 0 heterocycles. The fraction of sp³-hybridized carbons (Fsp3) is 1.00. The summed E-state index contributed by atoms with van der Waals surface area (Å²) in [4.78, 5) is 0. The molecule has 15 heavy (non-hydrogen) atoms. The van der Waals surface area contributed by atoms with Gasteiger partial charge < -0.3 is 10.4 Å². The minimum absolute atomic E-state index is 0.155. The third-order valence-corrected chi connectivity index (χ3v) is 3.81. The largest absolute Gasteiger partial charge is 0.389 e. The van der Waals surface area contributed by atoms with Crippen LogP contribution in [0.2, 0.25) is 0 Å². The number of rotatable bonds is 4. The van der Waals surface area contributed by atoms with Gasteiger partial charge in [0.25, 0.3) is 0 Å². The summed E-state index contributed by atoms with van der Waals surface area (Å²) < 4.78 is 0. The minimum Gasteiger partial charge on any atom is -0.389 e. The van der Waals surface area contributed by atoms with Crippen molar-refractivity contribution in [1.29, 1.82) is 0 Å². The van der Waals surface area contributed by atoms with Crippen molar-refractivity contribution in [3.8, 4) is 0 Å². The molecule has 1 fully saturated rings. The van der Waals surface area contributed by atoms with Crippen LogP contribution in [0.5, 0.6) is 0 Å². The maximum atomic E-state index is 10.4. The molecule has 1 aliphatic carbocycles. The molecule has 0 aromatic carbocycles. The molecular formula is C13H27NO. The monoisotopic (exact) mass is 213 g/mol. The van der Waals surface area contributed by atoms with Gasteiger partial charge in [0, 0.05) is 12.1 Å². The average molecular weight is 213 g/mol. The molecule has 2 nitrogen and oxygen atoms in total. The highest BCUT2D eigenvalue weighted by molar-refractivity contribution is 4.87. The highest BCUT2D eigenvalue weighted by Crippen LogP contribution is 2.27. The van der Waals surface area contributed by atoms with Crippen molar-refractivity contribution in [3.63, 3.8) is 0 Å². The molecule has 0 aromatic rings. The third kappa shape index (κ3) is 4.52. The van der Waals surface area contributed by atoms with Crippen molar-refractivity contribution in [3.05, 3.63) is 0 Å². The molecule has 0 aromatic heterocycles. The first kappa shape index (κ1) is 13.0. The summed E-state index contributed by atoms with van der Waals surface area (Å²) >= 11 is 0. The number of β-amino-alcohol motifs (C(OH)–C–C–N with tert-alkyl or cyclic N) is 1. The van der Waals surface area contributed by atoms with Crippen LogP contribution >= 0.6 is 0 Å². The van der Waals surface area contributed by atoms with Crippen LogP contribution in [-0.4, -0.2) is 22.8 Å². The molecule has 1 rings (SSSR count). The lowest BCUT2D eigenvalue weighted by Crippen LogP contribution is -2.48. The van der Waals surface area contributed by atoms with E-state index in [0.29, 0.717) is 0 Å². The number of aliphatic hydroxyl groups is 1. The third-order valence-electron chi connectivity index (χ3n) is 3.81. The second-order valence-corrected chi connectivity index (χ2v) is 5.73. The molecule has 2 heteroatoms. The van der Waals surface area contributed by atoms with Crippen LogP contribution in [0.15, 0.2) is 0 Å². The Bertz CT molecular complexity index is 181. The molecule has 0 spiro atoms. The normalized spacial score (nSPS) is 22.4. The molecule has 0 aliphatic heterocycles. The Morgan fingerprint density at radius 2 is 1.67 bits per heavy atom. The zero-order valence-electron chi connectivity index (χ0n) is 10.6. The van der Waals surface area contributed by atoms with Crippen LogP contribution in [0.4, 0.5) is 0 Å². The molecule has 1 saturated carbocycles. The van der Waals surface area contributed by atoms with Gasteiger partial charge in [-0.05, 0) is 33.1 Å². The summed E-state index contributed by atoms with van der Waals surface area (Å²) in [7, 11) is 0. The van der Waals surface area contributed by atoms with E-state index in [2.05, 4.69) is 26.1 Å². The van der Waals surface area contributed by atoms with E-state index in [1.807, 2.05) is 0 Å². The number of nitrogens with one attached hydrogen (secondary N) is 1. The summed E-state index contributed by atoms with van der Waals surface area (Å²) in [6, 6.07) is 0. The van der Waals surface area contributed by atoms with Gasteiger partial charge in [0.1, 0.15) is 0 Å². The van der Waals surface area contributed by atoms with Gasteiger partial charge in [-0.15, -0.1) is 0 Å². The number of hydrogen-bond acceptors (Lipinski definition) is 2. The fourth-order valence-electron chi connectivity index (χ4n) is 2.09. The van der Waals surface area contributed by atoms with Crippen LogP contribution in [0.1, 0.15) is 65.7 Å². The zero-order valence-corrected chi connectivity index (χ0v) is 10.6. The SMILES string of the molecule is CCC(C)(C)NCC1(O)CCCCCC1. The molecule has 0 bridgehead atoms. The summed E-state index contributed by atoms with van der Waals surface area (Å²) in [6.45, 7) is 7.35. The predicted molar refractivity (Wildman–Crippen MR) is 65.0 cm³/mol. The van der Waals surface area contributed by atoms with E-state index in [0.717, 1.165) is 25.8 Å². The van der Waals surface area contributed by atoms with Crippen molar-refractivity contribution >= 4 is 0 Å². The molecule has 0 unspecified atom stereocenters. The van der Waals surface area contributed by atoms with Crippen molar-refractivity contribution in [2.24, 2.45) is 0 Å². The van der Waals surface area contributed by atoms with Crippen molar-refractivity contribution in [1.82, 2.24) is 5.32 Å². The molecule has 0 radical (unpaired) electrons. The van der Waals surface area contributed by atoms with E-state index < -0.39 is 5.60 Å². The molecule has 0 atom stereocenters. The quantitative estimate of drug-likeness (QED) is 0.704. The van der Waals surface area contributed by atoms with Gasteiger partial charge >= 0.3 is 0 Å². The van der Waals surface area contributed by atoms with Crippen LogP contribution < -0.4 is 5.32 Å². The maximum absolute atomic E-state index is 10.4. The second-order valence-electron chi connectivity index (χ2n) is 5.73. The van der Waals surface area contributed by atoms with Gasteiger partial charge in [-0.25, -0.2) is 0 Å². The first-order valence-corrected chi connectivity index (χ1v) is 6.45. The smallest absolute Gasteiger partial charge is 0.0771 e. The van der Waals surface area contributed by atoms with Crippen LogP contribution in [-0.2, 0) is 0 Å². The lowest BCUT2D eigenvalue weighted by molar-refractivity contribution is 0.0187. The summed E-state index contributed by atoms with van der Waals surface area (Å²) in [5.74, 6) is 0. The lowest BCUT2D eigenvalue weighted by atomic mass is 9.92. The van der Waals surface area contributed by atoms with E-state index in [4.69, 9.17) is 0 Å². The molecular weight excluding hydrogens is 186 g/mol. The molecule has 0 amide bonds. The zero-order chi connectivity index (χ0) is 11.4. The Balaban J connectivity index is 2.40. The number of hydrogen-bond donors (Lipinski definition) is 2. The first-order valence-electron chi connectivity index (χ1n) is 6.45. The van der Waals surface area contributed by atoms with Gasteiger partial charge in [-0.2, -0.15) is 0 Å². The topological polar surface area (TPSA) is 32.3 Å². The van der Waals surface area contributed by atoms with Gasteiger partial charge in [0.15, 0.2) is 0 Å². The van der Waals surface area contributed by atoms with Gasteiger partial charge in [-0.1, -0.05) is 32.6 Å². The van der Waals surface area contributed by atoms with Crippen molar-refractivity contribution in [2.45, 2.75) is 76.9 Å². The van der Waals surface area contributed by atoms with E-state index in [9.17, 15) is 5.11 Å². The van der Waals surface area contributed by atoms with Crippen LogP contribution in [0.3, 0.4) is 0 Å². The maximum Gasteiger partial charge on any atom is 0.0771 e. The van der Waals surface area contributed by atoms with E-state index in [1.54, 1.807) is 0 Å².